The number of aromatic nitrogens is 1. The van der Waals surface area contributed by atoms with Crippen LogP contribution in [0.1, 0.15) is 18.1 Å². The highest BCUT2D eigenvalue weighted by molar-refractivity contribution is 5.88. The number of benzene rings is 5. The Labute approximate surface area is 235 Å². The Hall–Kier alpha value is -4.77. The number of alkyl halides is 3. The number of rotatable bonds is 5. The fourth-order valence-corrected chi connectivity index (χ4v) is 5.04. The molecule has 0 fully saturated rings. The van der Waals surface area contributed by atoms with Gasteiger partial charge in [-0.3, -0.25) is 4.98 Å². The molecule has 5 aromatic carbocycles. The van der Waals surface area contributed by atoms with Gasteiger partial charge in [-0.1, -0.05) is 85.8 Å². The molecule has 0 bridgehead atoms. The van der Waals surface area contributed by atoms with Crippen LogP contribution in [0.4, 0.5) is 17.6 Å². The zero-order chi connectivity index (χ0) is 28.6. The Kier molecular flexibility index (Phi) is 6.88. The minimum Gasteiger partial charge on any atom is -0.256 e. The summed E-state index contributed by atoms with van der Waals surface area (Å²) in [6, 6.07) is 34.6. The summed E-state index contributed by atoms with van der Waals surface area (Å²) in [6.07, 6.45) is -2.04. The molecular formula is C36H25F4N. The van der Waals surface area contributed by atoms with Crippen LogP contribution in [0.25, 0.3) is 55.4 Å². The maximum absolute atomic E-state index is 13.4. The van der Waals surface area contributed by atoms with Gasteiger partial charge in [0, 0.05) is 17.1 Å². The van der Waals surface area contributed by atoms with Crippen LogP contribution < -0.4 is 0 Å². The average molecular weight is 548 g/mol. The molecule has 1 heterocycles. The molecule has 41 heavy (non-hydrogen) atoms. The van der Waals surface area contributed by atoms with Crippen molar-refractivity contribution in [2.75, 3.05) is 0 Å². The topological polar surface area (TPSA) is 12.9 Å². The quantitative estimate of drug-likeness (QED) is 0.196. The largest absolute Gasteiger partial charge is 0.416 e. The van der Waals surface area contributed by atoms with Crippen molar-refractivity contribution < 1.29 is 17.6 Å². The van der Waals surface area contributed by atoms with Crippen molar-refractivity contribution >= 4 is 10.9 Å². The second kappa shape index (κ2) is 10.7. The third-order valence-corrected chi connectivity index (χ3v) is 7.36. The van der Waals surface area contributed by atoms with E-state index >= 15 is 0 Å². The van der Waals surface area contributed by atoms with Gasteiger partial charge in [-0.15, -0.1) is 0 Å². The number of fused-ring (bicyclic) bond motifs is 1. The lowest BCUT2D eigenvalue weighted by atomic mass is 9.96. The van der Waals surface area contributed by atoms with Gasteiger partial charge in [0.25, 0.3) is 0 Å². The van der Waals surface area contributed by atoms with Crippen LogP contribution in [0.5, 0.6) is 0 Å². The van der Waals surface area contributed by atoms with Crippen LogP contribution in [0.15, 0.2) is 121 Å². The van der Waals surface area contributed by atoms with Crippen LogP contribution in [0.3, 0.4) is 0 Å². The number of pyridine rings is 1. The molecule has 1 nitrogen and oxygen atoms in total. The van der Waals surface area contributed by atoms with Crippen LogP contribution in [-0.4, -0.2) is 4.98 Å². The Morgan fingerprint density at radius 1 is 0.537 bits per heavy atom. The molecule has 0 amide bonds. The van der Waals surface area contributed by atoms with E-state index in [1.807, 2.05) is 79.9 Å². The van der Waals surface area contributed by atoms with Crippen molar-refractivity contribution in [3.63, 3.8) is 0 Å². The van der Waals surface area contributed by atoms with Crippen molar-refractivity contribution in [1.82, 2.24) is 4.98 Å². The van der Waals surface area contributed by atoms with Gasteiger partial charge in [-0.2, -0.15) is 13.2 Å². The minimum absolute atomic E-state index is 0.255. The van der Waals surface area contributed by atoms with Gasteiger partial charge in [-0.05, 0) is 87.3 Å². The standard InChI is InChI=1S/C36H25F4N/c1-2-23-17-31(20-33(18-23)36(38,39)40)27-7-9-28(10-8-27)32-19-30-12-11-29(21-35(30)41-22-32)26-5-3-24(4-6-26)25-13-15-34(37)16-14-25/h3-22H,2H2,1H3. The van der Waals surface area contributed by atoms with E-state index in [0.29, 0.717) is 17.5 Å². The number of halogens is 4. The molecule has 0 aliphatic heterocycles. The first-order chi connectivity index (χ1) is 19.8. The fourth-order valence-electron chi connectivity index (χ4n) is 5.04. The highest BCUT2D eigenvalue weighted by Crippen LogP contribution is 2.35. The third kappa shape index (κ3) is 5.62. The molecule has 0 radical (unpaired) electrons. The van der Waals surface area contributed by atoms with Gasteiger partial charge in [0.15, 0.2) is 0 Å². The van der Waals surface area contributed by atoms with Gasteiger partial charge in [-0.25, -0.2) is 4.39 Å². The van der Waals surface area contributed by atoms with E-state index in [0.717, 1.165) is 49.8 Å². The normalized spacial score (nSPS) is 11.6. The Bertz CT molecular complexity index is 1840. The van der Waals surface area contributed by atoms with Crippen LogP contribution >= 0.6 is 0 Å². The van der Waals surface area contributed by atoms with Gasteiger partial charge >= 0.3 is 6.18 Å². The average Bonchev–Trinajstić information content (AvgIpc) is 3.00. The molecule has 0 spiro atoms. The third-order valence-electron chi connectivity index (χ3n) is 7.36. The van der Waals surface area contributed by atoms with Gasteiger partial charge in [0.1, 0.15) is 5.82 Å². The lowest BCUT2D eigenvalue weighted by Gasteiger charge is -2.12. The molecule has 0 aliphatic rings. The SMILES string of the molecule is CCc1cc(-c2ccc(-c3cnc4cc(-c5ccc(-c6ccc(F)cc6)cc5)ccc4c3)cc2)cc(C(F)(F)F)c1. The number of nitrogens with zero attached hydrogens (tertiary/aromatic N) is 1. The molecule has 202 valence electrons. The smallest absolute Gasteiger partial charge is 0.256 e. The first kappa shape index (κ1) is 26.5. The summed E-state index contributed by atoms with van der Waals surface area (Å²) >= 11 is 0. The summed E-state index contributed by atoms with van der Waals surface area (Å²) in [5.74, 6) is -0.255. The number of hydrogen-bond donors (Lipinski definition) is 0. The molecule has 6 rings (SSSR count). The Balaban J connectivity index is 1.24. The molecule has 0 unspecified atom stereocenters. The van der Waals surface area contributed by atoms with E-state index in [1.54, 1.807) is 12.1 Å². The van der Waals surface area contributed by atoms with Crippen molar-refractivity contribution in [3.8, 4) is 44.5 Å². The Morgan fingerprint density at radius 2 is 1.05 bits per heavy atom. The molecule has 0 saturated carbocycles. The van der Waals surface area contributed by atoms with Gasteiger partial charge in [0.2, 0.25) is 0 Å². The first-order valence-electron chi connectivity index (χ1n) is 13.3. The monoisotopic (exact) mass is 547 g/mol. The minimum atomic E-state index is -4.38. The van der Waals surface area contributed by atoms with Crippen molar-refractivity contribution in [2.24, 2.45) is 0 Å². The van der Waals surface area contributed by atoms with E-state index in [1.165, 1.54) is 24.3 Å². The van der Waals surface area contributed by atoms with Crippen LogP contribution in [0.2, 0.25) is 0 Å². The van der Waals surface area contributed by atoms with E-state index in [9.17, 15) is 17.6 Å². The van der Waals surface area contributed by atoms with Gasteiger partial charge in [0.05, 0.1) is 11.1 Å². The molecule has 0 aliphatic carbocycles. The van der Waals surface area contributed by atoms with Crippen LogP contribution in [-0.2, 0) is 12.6 Å². The van der Waals surface area contributed by atoms with E-state index in [2.05, 4.69) is 12.1 Å². The van der Waals surface area contributed by atoms with Crippen molar-refractivity contribution in [1.29, 1.82) is 0 Å². The highest BCUT2D eigenvalue weighted by Gasteiger charge is 2.31. The van der Waals surface area contributed by atoms with E-state index in [4.69, 9.17) is 4.98 Å². The fraction of sp³-hybridized carbons (Fsp3) is 0.0833. The molecule has 0 atom stereocenters. The molecule has 1 aromatic heterocycles. The molecule has 6 aromatic rings. The summed E-state index contributed by atoms with van der Waals surface area (Å²) in [7, 11) is 0. The second-order valence-electron chi connectivity index (χ2n) is 10.1. The zero-order valence-corrected chi connectivity index (χ0v) is 22.2. The summed E-state index contributed by atoms with van der Waals surface area (Å²) < 4.78 is 53.5. The summed E-state index contributed by atoms with van der Waals surface area (Å²) in [4.78, 5) is 4.70. The zero-order valence-electron chi connectivity index (χ0n) is 22.2. The predicted octanol–water partition coefficient (Wildman–Crippen LogP) is 10.6. The molecule has 0 N–H and O–H groups in total. The van der Waals surface area contributed by atoms with E-state index in [-0.39, 0.29) is 5.82 Å². The van der Waals surface area contributed by atoms with Gasteiger partial charge < -0.3 is 0 Å². The first-order valence-corrected chi connectivity index (χ1v) is 13.3. The lowest BCUT2D eigenvalue weighted by molar-refractivity contribution is -0.137. The Morgan fingerprint density at radius 3 is 1.63 bits per heavy atom. The maximum Gasteiger partial charge on any atom is 0.416 e. The van der Waals surface area contributed by atoms with Crippen molar-refractivity contribution in [3.05, 3.63) is 138 Å². The van der Waals surface area contributed by atoms with Crippen LogP contribution in [0, 0.1) is 5.82 Å². The van der Waals surface area contributed by atoms with E-state index < -0.39 is 11.7 Å². The summed E-state index contributed by atoms with van der Waals surface area (Å²) in [5, 5.41) is 0.990. The van der Waals surface area contributed by atoms with Crippen molar-refractivity contribution in [2.45, 2.75) is 19.5 Å². The summed E-state index contributed by atoms with van der Waals surface area (Å²) in [6.45, 7) is 1.85. The number of aryl methyl sites for hydroxylation is 1. The summed E-state index contributed by atoms with van der Waals surface area (Å²) in [5.41, 5.74) is 8.11. The molecule has 0 saturated heterocycles. The molecular weight excluding hydrogens is 522 g/mol. The number of hydrogen-bond acceptors (Lipinski definition) is 1. The maximum atomic E-state index is 13.4. The second-order valence-corrected chi connectivity index (χ2v) is 10.1. The lowest BCUT2D eigenvalue weighted by Crippen LogP contribution is -2.06. The predicted molar refractivity (Wildman–Crippen MR) is 158 cm³/mol. The highest BCUT2D eigenvalue weighted by atomic mass is 19.4. The molecule has 5 heteroatoms.